The molecule has 1 spiro atoms. The van der Waals surface area contributed by atoms with Crippen molar-refractivity contribution in [1.82, 2.24) is 20.0 Å². The molecule has 0 bridgehead atoms. The molecule has 0 unspecified atom stereocenters. The highest BCUT2D eigenvalue weighted by Crippen LogP contribution is 2.33. The fourth-order valence-electron chi connectivity index (χ4n) is 3.95. The second-order valence-electron chi connectivity index (χ2n) is 7.79. The lowest BCUT2D eigenvalue weighted by molar-refractivity contribution is -0.134. The number of rotatable bonds is 3. The molecule has 0 atom stereocenters. The largest absolute Gasteiger partial charge is 0.484 e. The van der Waals surface area contributed by atoms with Gasteiger partial charge in [-0.1, -0.05) is 11.6 Å². The number of hydrogen-bond donors (Lipinski definition) is 1. The summed E-state index contributed by atoms with van der Waals surface area (Å²) in [6.45, 7) is 6.27. The van der Waals surface area contributed by atoms with Crippen molar-refractivity contribution in [3.8, 4) is 5.75 Å². The Labute approximate surface area is 164 Å². The summed E-state index contributed by atoms with van der Waals surface area (Å²) >= 11 is 0. The average molecular weight is 382 g/mol. The molecule has 1 aromatic heterocycles. The molecule has 0 aliphatic carbocycles. The summed E-state index contributed by atoms with van der Waals surface area (Å²) in [6, 6.07) is 7.63. The SMILES string of the molecule is Cc1ccc2c(c1)C(=O)NCC1(CCN(C(=O)CCn3nccc3C)CC1)O2. The van der Waals surface area contributed by atoms with Crippen LogP contribution in [-0.2, 0) is 11.3 Å². The third-order valence-electron chi connectivity index (χ3n) is 5.77. The van der Waals surface area contributed by atoms with Crippen molar-refractivity contribution in [2.75, 3.05) is 19.6 Å². The number of carbonyl (C=O) groups excluding carboxylic acids is 2. The number of ether oxygens (including phenoxy) is 1. The van der Waals surface area contributed by atoms with E-state index >= 15 is 0 Å². The molecule has 2 aliphatic rings. The van der Waals surface area contributed by atoms with Gasteiger partial charge >= 0.3 is 0 Å². The maximum absolute atomic E-state index is 12.6. The topological polar surface area (TPSA) is 76.5 Å². The van der Waals surface area contributed by atoms with Crippen LogP contribution in [0.5, 0.6) is 5.75 Å². The highest BCUT2D eigenvalue weighted by atomic mass is 16.5. The van der Waals surface area contributed by atoms with E-state index in [9.17, 15) is 9.59 Å². The Kier molecular flexibility index (Phi) is 4.83. The van der Waals surface area contributed by atoms with E-state index in [1.165, 1.54) is 0 Å². The van der Waals surface area contributed by atoms with Crippen LogP contribution in [0.4, 0.5) is 0 Å². The summed E-state index contributed by atoms with van der Waals surface area (Å²) in [7, 11) is 0. The molecule has 2 amide bonds. The van der Waals surface area contributed by atoms with Crippen LogP contribution in [0.3, 0.4) is 0 Å². The van der Waals surface area contributed by atoms with Crippen molar-refractivity contribution >= 4 is 11.8 Å². The second-order valence-corrected chi connectivity index (χ2v) is 7.79. The average Bonchev–Trinajstić information content (AvgIpc) is 3.05. The van der Waals surface area contributed by atoms with Crippen LogP contribution in [0.15, 0.2) is 30.5 Å². The summed E-state index contributed by atoms with van der Waals surface area (Å²) in [6.07, 6.45) is 3.59. The predicted octanol–water partition coefficient (Wildman–Crippen LogP) is 2.07. The van der Waals surface area contributed by atoms with Crippen molar-refractivity contribution in [2.45, 2.75) is 45.3 Å². The zero-order valence-electron chi connectivity index (χ0n) is 16.4. The number of hydrogen-bond acceptors (Lipinski definition) is 4. The summed E-state index contributed by atoms with van der Waals surface area (Å²) in [5.74, 6) is 0.677. The highest BCUT2D eigenvalue weighted by Gasteiger charge is 2.40. The van der Waals surface area contributed by atoms with E-state index in [-0.39, 0.29) is 11.8 Å². The highest BCUT2D eigenvalue weighted by molar-refractivity contribution is 5.97. The number of fused-ring (bicyclic) bond motifs is 1. The lowest BCUT2D eigenvalue weighted by Gasteiger charge is -2.41. The first-order valence-electron chi connectivity index (χ1n) is 9.80. The molecule has 7 heteroatoms. The standard InChI is InChI=1S/C21H26N4O3/c1-15-3-4-18-17(13-15)20(27)22-14-21(28-18)7-11-24(12-8-21)19(26)6-10-25-16(2)5-9-23-25/h3-5,9,13H,6-8,10-12,14H2,1-2H3,(H,22,27). The fourth-order valence-corrected chi connectivity index (χ4v) is 3.95. The number of amides is 2. The molecule has 148 valence electrons. The van der Waals surface area contributed by atoms with Crippen LogP contribution in [0.2, 0.25) is 0 Å². The van der Waals surface area contributed by atoms with Crippen LogP contribution in [0.25, 0.3) is 0 Å². The van der Waals surface area contributed by atoms with Crippen molar-refractivity contribution in [2.24, 2.45) is 0 Å². The molecule has 1 fully saturated rings. The Morgan fingerprint density at radius 3 is 2.75 bits per heavy atom. The van der Waals surface area contributed by atoms with E-state index in [0.717, 1.165) is 11.3 Å². The van der Waals surface area contributed by atoms with Gasteiger partial charge in [-0.05, 0) is 32.0 Å². The summed E-state index contributed by atoms with van der Waals surface area (Å²) in [5.41, 5.74) is 2.22. The molecule has 4 rings (SSSR count). The van der Waals surface area contributed by atoms with Crippen LogP contribution >= 0.6 is 0 Å². The quantitative estimate of drug-likeness (QED) is 0.882. The van der Waals surface area contributed by atoms with Gasteiger partial charge in [0.15, 0.2) is 0 Å². The van der Waals surface area contributed by atoms with Gasteiger partial charge in [-0.15, -0.1) is 0 Å². The van der Waals surface area contributed by atoms with E-state index in [2.05, 4.69) is 10.4 Å². The zero-order chi connectivity index (χ0) is 19.7. The van der Waals surface area contributed by atoms with E-state index in [1.807, 2.05) is 47.7 Å². The Bertz CT molecular complexity index is 897. The number of aryl methyl sites for hydroxylation is 3. The van der Waals surface area contributed by atoms with Gasteiger partial charge in [0.1, 0.15) is 11.4 Å². The van der Waals surface area contributed by atoms with Gasteiger partial charge in [0.25, 0.3) is 5.91 Å². The molecule has 1 saturated heterocycles. The number of piperidine rings is 1. The van der Waals surface area contributed by atoms with E-state index < -0.39 is 5.60 Å². The predicted molar refractivity (Wildman–Crippen MR) is 104 cm³/mol. The Morgan fingerprint density at radius 1 is 1.25 bits per heavy atom. The van der Waals surface area contributed by atoms with Crippen LogP contribution in [0, 0.1) is 13.8 Å². The maximum atomic E-state index is 12.6. The number of nitrogens with zero attached hydrogens (tertiary/aromatic N) is 3. The normalized spacial score (nSPS) is 18.2. The third-order valence-corrected chi connectivity index (χ3v) is 5.77. The van der Waals surface area contributed by atoms with Crippen molar-refractivity contribution in [3.05, 3.63) is 47.3 Å². The lowest BCUT2D eigenvalue weighted by atomic mass is 9.90. The van der Waals surface area contributed by atoms with E-state index in [0.29, 0.717) is 56.8 Å². The fraction of sp³-hybridized carbons (Fsp3) is 0.476. The Morgan fingerprint density at radius 2 is 2.04 bits per heavy atom. The lowest BCUT2D eigenvalue weighted by Crippen LogP contribution is -2.54. The van der Waals surface area contributed by atoms with Crippen LogP contribution in [-0.4, -0.2) is 51.7 Å². The van der Waals surface area contributed by atoms with Gasteiger partial charge < -0.3 is 15.0 Å². The molecule has 0 saturated carbocycles. The number of carbonyl (C=O) groups is 2. The Hall–Kier alpha value is -2.83. The molecule has 7 nitrogen and oxygen atoms in total. The van der Waals surface area contributed by atoms with E-state index in [1.54, 1.807) is 6.20 Å². The van der Waals surface area contributed by atoms with Gasteiger partial charge in [-0.25, -0.2) is 0 Å². The van der Waals surface area contributed by atoms with Gasteiger partial charge in [0, 0.05) is 50.8 Å². The number of likely N-dealkylation sites (tertiary alicyclic amines) is 1. The Balaban J connectivity index is 1.39. The number of benzene rings is 1. The minimum absolute atomic E-state index is 0.0938. The van der Waals surface area contributed by atoms with Gasteiger partial charge in [0.05, 0.1) is 12.1 Å². The second kappa shape index (κ2) is 7.30. The third kappa shape index (κ3) is 3.61. The molecule has 3 heterocycles. The molecule has 28 heavy (non-hydrogen) atoms. The first-order chi connectivity index (χ1) is 13.5. The molecule has 2 aromatic rings. The summed E-state index contributed by atoms with van der Waals surface area (Å²) in [5, 5.41) is 7.24. The molecule has 2 aliphatic heterocycles. The molecule has 1 aromatic carbocycles. The van der Waals surface area contributed by atoms with Crippen molar-refractivity contribution in [3.63, 3.8) is 0 Å². The van der Waals surface area contributed by atoms with Gasteiger partial charge in [-0.3, -0.25) is 14.3 Å². The smallest absolute Gasteiger partial charge is 0.255 e. The maximum Gasteiger partial charge on any atom is 0.255 e. The minimum Gasteiger partial charge on any atom is -0.484 e. The zero-order valence-corrected chi connectivity index (χ0v) is 16.4. The van der Waals surface area contributed by atoms with Gasteiger partial charge in [-0.2, -0.15) is 5.10 Å². The van der Waals surface area contributed by atoms with Crippen molar-refractivity contribution in [1.29, 1.82) is 0 Å². The first kappa shape index (κ1) is 18.5. The number of nitrogens with one attached hydrogen (secondary N) is 1. The molecular formula is C21H26N4O3. The molecular weight excluding hydrogens is 356 g/mol. The van der Waals surface area contributed by atoms with Crippen molar-refractivity contribution < 1.29 is 14.3 Å². The van der Waals surface area contributed by atoms with E-state index in [4.69, 9.17) is 4.74 Å². The van der Waals surface area contributed by atoms with Gasteiger partial charge in [0.2, 0.25) is 5.91 Å². The summed E-state index contributed by atoms with van der Waals surface area (Å²) < 4.78 is 8.19. The monoisotopic (exact) mass is 382 g/mol. The molecule has 1 N–H and O–H groups in total. The first-order valence-corrected chi connectivity index (χ1v) is 9.80. The number of aromatic nitrogens is 2. The molecule has 0 radical (unpaired) electrons. The van der Waals surface area contributed by atoms with Crippen LogP contribution < -0.4 is 10.1 Å². The van der Waals surface area contributed by atoms with Crippen LogP contribution in [0.1, 0.15) is 40.9 Å². The summed E-state index contributed by atoms with van der Waals surface area (Å²) in [4.78, 5) is 26.9. The minimum atomic E-state index is -0.453.